The lowest BCUT2D eigenvalue weighted by molar-refractivity contribution is 0.347. The second-order valence-corrected chi connectivity index (χ2v) is 7.85. The van der Waals surface area contributed by atoms with Crippen molar-refractivity contribution >= 4 is 38.8 Å². The quantitative estimate of drug-likeness (QED) is 0.835. The highest BCUT2D eigenvalue weighted by atomic mass is 35.5. The Morgan fingerprint density at radius 1 is 1.29 bits per heavy atom. The smallest absolute Gasteiger partial charge is 0.243 e. The first-order valence-corrected chi connectivity index (χ1v) is 8.83. The van der Waals surface area contributed by atoms with Crippen molar-refractivity contribution < 1.29 is 8.42 Å². The zero-order valence-corrected chi connectivity index (χ0v) is 14.1. The number of sulfonamides is 1. The zero-order valence-electron chi connectivity index (χ0n) is 11.8. The highest BCUT2D eigenvalue weighted by molar-refractivity contribution is 7.89. The highest BCUT2D eigenvalue weighted by Crippen LogP contribution is 2.24. The van der Waals surface area contributed by atoms with Crippen LogP contribution in [0.4, 0.5) is 0 Å². The van der Waals surface area contributed by atoms with E-state index in [4.69, 9.17) is 29.6 Å². The molecule has 0 bridgehead atoms. The monoisotopic (exact) mass is 347 g/mol. The van der Waals surface area contributed by atoms with Gasteiger partial charge in [-0.05, 0) is 38.2 Å². The van der Waals surface area contributed by atoms with Gasteiger partial charge < -0.3 is 10.6 Å². The number of rotatable bonds is 3. The van der Waals surface area contributed by atoms with Gasteiger partial charge in [-0.15, -0.1) is 0 Å². The van der Waals surface area contributed by atoms with E-state index in [1.807, 2.05) is 7.05 Å². The summed E-state index contributed by atoms with van der Waals surface area (Å²) >= 11 is 10.9. The van der Waals surface area contributed by atoms with Gasteiger partial charge in [0.25, 0.3) is 0 Å². The zero-order chi connectivity index (χ0) is 15.6. The highest BCUT2D eigenvalue weighted by Gasteiger charge is 2.26. The third-order valence-electron chi connectivity index (χ3n) is 3.52. The Bertz CT molecular complexity index is 649. The molecule has 2 N–H and O–H groups in total. The fourth-order valence-corrected chi connectivity index (χ4v) is 4.35. The predicted octanol–water partition coefficient (Wildman–Crippen LogP) is 1.30. The van der Waals surface area contributed by atoms with Gasteiger partial charge in [-0.25, -0.2) is 8.42 Å². The van der Waals surface area contributed by atoms with Crippen molar-refractivity contribution in [2.75, 3.05) is 33.2 Å². The molecular formula is C13H18ClN3O2S2. The van der Waals surface area contributed by atoms with Gasteiger partial charge in [0.15, 0.2) is 0 Å². The normalized spacial score (nSPS) is 18.4. The third kappa shape index (κ3) is 3.73. The van der Waals surface area contributed by atoms with E-state index in [9.17, 15) is 8.42 Å². The number of likely N-dealkylation sites (N-methyl/N-ethyl adjacent to an activating group) is 1. The summed E-state index contributed by atoms with van der Waals surface area (Å²) in [5.74, 6) is 0. The van der Waals surface area contributed by atoms with Crippen molar-refractivity contribution in [3.63, 3.8) is 0 Å². The molecule has 0 aliphatic carbocycles. The van der Waals surface area contributed by atoms with Crippen LogP contribution in [0.25, 0.3) is 0 Å². The summed E-state index contributed by atoms with van der Waals surface area (Å²) in [4.78, 5) is 2.45. The minimum atomic E-state index is -3.54. The number of benzene rings is 1. The molecular weight excluding hydrogens is 330 g/mol. The molecule has 1 aliphatic heterocycles. The molecule has 1 aromatic rings. The Hall–Kier alpha value is -0.730. The number of halogens is 1. The first-order valence-electron chi connectivity index (χ1n) is 6.60. The number of thiocarbonyl (C=S) groups is 1. The first kappa shape index (κ1) is 16.6. The summed E-state index contributed by atoms with van der Waals surface area (Å²) in [5.41, 5.74) is 6.02. The van der Waals surface area contributed by atoms with Gasteiger partial charge in [0.05, 0.1) is 9.92 Å². The molecule has 1 heterocycles. The molecule has 116 valence electrons. The van der Waals surface area contributed by atoms with Crippen LogP contribution in [0.2, 0.25) is 5.02 Å². The predicted molar refractivity (Wildman–Crippen MR) is 88.2 cm³/mol. The van der Waals surface area contributed by atoms with Crippen LogP contribution in [0.5, 0.6) is 0 Å². The second-order valence-electron chi connectivity index (χ2n) is 5.07. The van der Waals surface area contributed by atoms with Crippen molar-refractivity contribution in [1.82, 2.24) is 9.21 Å². The largest absolute Gasteiger partial charge is 0.389 e. The van der Waals surface area contributed by atoms with Gasteiger partial charge in [-0.1, -0.05) is 23.8 Å². The average molecular weight is 348 g/mol. The van der Waals surface area contributed by atoms with E-state index in [0.29, 0.717) is 18.7 Å². The average Bonchev–Trinajstić information content (AvgIpc) is 2.63. The standard InChI is InChI=1S/C13H18ClN3O2S2/c1-16-5-2-6-17(8-7-16)21(18,19)10-3-4-11(13(15)20)12(14)9-10/h3-4,9H,2,5-8H2,1H3,(H2,15,20). The molecule has 0 spiro atoms. The fourth-order valence-electron chi connectivity index (χ4n) is 2.27. The van der Waals surface area contributed by atoms with Crippen molar-refractivity contribution in [2.24, 2.45) is 5.73 Å². The van der Waals surface area contributed by atoms with Crippen LogP contribution < -0.4 is 5.73 Å². The lowest BCUT2D eigenvalue weighted by atomic mass is 10.2. The van der Waals surface area contributed by atoms with Gasteiger partial charge >= 0.3 is 0 Å². The Balaban J connectivity index is 2.31. The molecule has 0 aromatic heterocycles. The summed E-state index contributed by atoms with van der Waals surface area (Å²) in [6, 6.07) is 4.48. The van der Waals surface area contributed by atoms with Gasteiger partial charge in [0.1, 0.15) is 4.99 Å². The summed E-state index contributed by atoms with van der Waals surface area (Å²) in [5, 5.41) is 0.260. The molecule has 1 saturated heterocycles. The molecule has 1 aromatic carbocycles. The fraction of sp³-hybridized carbons (Fsp3) is 0.462. The number of hydrogen-bond acceptors (Lipinski definition) is 4. The molecule has 5 nitrogen and oxygen atoms in total. The van der Waals surface area contributed by atoms with Gasteiger partial charge in [0.2, 0.25) is 10.0 Å². The summed E-state index contributed by atoms with van der Waals surface area (Å²) in [6.07, 6.45) is 0.814. The van der Waals surface area contributed by atoms with Crippen LogP contribution in [-0.4, -0.2) is 55.8 Å². The molecule has 0 unspecified atom stereocenters. The van der Waals surface area contributed by atoms with Crippen LogP contribution in [0, 0.1) is 0 Å². The van der Waals surface area contributed by atoms with E-state index in [2.05, 4.69) is 4.90 Å². The topological polar surface area (TPSA) is 66.6 Å². The van der Waals surface area contributed by atoms with E-state index in [-0.39, 0.29) is 14.9 Å². The molecule has 0 amide bonds. The van der Waals surface area contributed by atoms with E-state index in [0.717, 1.165) is 19.5 Å². The number of nitrogens with two attached hydrogens (primary N) is 1. The molecule has 0 saturated carbocycles. The molecule has 0 radical (unpaired) electrons. The Morgan fingerprint density at radius 3 is 2.62 bits per heavy atom. The maximum absolute atomic E-state index is 12.7. The van der Waals surface area contributed by atoms with Gasteiger partial charge in [-0.3, -0.25) is 0 Å². The van der Waals surface area contributed by atoms with Crippen molar-refractivity contribution in [1.29, 1.82) is 0 Å². The van der Waals surface area contributed by atoms with E-state index in [1.165, 1.54) is 16.4 Å². The van der Waals surface area contributed by atoms with Gasteiger partial charge in [0, 0.05) is 25.2 Å². The first-order chi connectivity index (χ1) is 9.82. The number of hydrogen-bond donors (Lipinski definition) is 1. The van der Waals surface area contributed by atoms with Crippen molar-refractivity contribution in [3.05, 3.63) is 28.8 Å². The molecule has 0 atom stereocenters. The third-order valence-corrected chi connectivity index (χ3v) is 5.95. The van der Waals surface area contributed by atoms with Crippen LogP contribution >= 0.6 is 23.8 Å². The minimum Gasteiger partial charge on any atom is -0.389 e. The SMILES string of the molecule is CN1CCCN(S(=O)(=O)c2ccc(C(N)=S)c(Cl)c2)CC1. The molecule has 21 heavy (non-hydrogen) atoms. The lowest BCUT2D eigenvalue weighted by Crippen LogP contribution is -2.34. The van der Waals surface area contributed by atoms with Gasteiger partial charge in [-0.2, -0.15) is 4.31 Å². The summed E-state index contributed by atoms with van der Waals surface area (Å²) in [6.45, 7) is 2.61. The van der Waals surface area contributed by atoms with Crippen LogP contribution in [0.1, 0.15) is 12.0 Å². The number of nitrogens with zero attached hydrogens (tertiary/aromatic N) is 2. The second kappa shape index (κ2) is 6.58. The summed E-state index contributed by atoms with van der Waals surface area (Å²) in [7, 11) is -1.55. The Kier molecular flexibility index (Phi) is 5.21. The minimum absolute atomic E-state index is 0.153. The van der Waals surface area contributed by atoms with E-state index >= 15 is 0 Å². The van der Waals surface area contributed by atoms with Crippen LogP contribution in [0.15, 0.2) is 23.1 Å². The Labute approximate surface area is 135 Å². The Morgan fingerprint density at radius 2 is 2.00 bits per heavy atom. The molecule has 2 rings (SSSR count). The van der Waals surface area contributed by atoms with Crippen LogP contribution in [-0.2, 0) is 10.0 Å². The van der Waals surface area contributed by atoms with Crippen molar-refractivity contribution in [2.45, 2.75) is 11.3 Å². The van der Waals surface area contributed by atoms with E-state index < -0.39 is 10.0 Å². The maximum atomic E-state index is 12.7. The lowest BCUT2D eigenvalue weighted by Gasteiger charge is -2.20. The van der Waals surface area contributed by atoms with E-state index in [1.54, 1.807) is 6.07 Å². The van der Waals surface area contributed by atoms with Crippen LogP contribution in [0.3, 0.4) is 0 Å². The van der Waals surface area contributed by atoms with Crippen molar-refractivity contribution in [3.8, 4) is 0 Å². The maximum Gasteiger partial charge on any atom is 0.243 e. The molecule has 8 heteroatoms. The summed E-state index contributed by atoms with van der Waals surface area (Å²) < 4.78 is 26.8. The molecule has 1 fully saturated rings. The molecule has 1 aliphatic rings.